The number of amides is 2. The SMILES string of the molecule is CC(=O)N1C(C)CN(C(=O)OC2CCCNC2)C2CC(C3CNN(C4CNC4)C3)CCC21. The number of rotatable bonds is 3. The highest BCUT2D eigenvalue weighted by Gasteiger charge is 2.49. The van der Waals surface area contributed by atoms with Crippen LogP contribution in [0.1, 0.15) is 46.0 Å². The van der Waals surface area contributed by atoms with E-state index in [1.807, 2.05) is 9.80 Å². The highest BCUT2D eigenvalue weighted by Crippen LogP contribution is 2.40. The molecule has 32 heavy (non-hydrogen) atoms. The summed E-state index contributed by atoms with van der Waals surface area (Å²) < 4.78 is 5.95. The molecule has 4 heterocycles. The fourth-order valence-electron chi connectivity index (χ4n) is 6.67. The van der Waals surface area contributed by atoms with Gasteiger partial charge in [-0.25, -0.2) is 9.80 Å². The third kappa shape index (κ3) is 4.36. The minimum absolute atomic E-state index is 0.0251. The van der Waals surface area contributed by atoms with E-state index in [4.69, 9.17) is 4.74 Å². The summed E-state index contributed by atoms with van der Waals surface area (Å²) in [5.74, 6) is 1.29. The maximum atomic E-state index is 13.3. The molecular weight excluding hydrogens is 408 g/mol. The van der Waals surface area contributed by atoms with Gasteiger partial charge in [0.25, 0.3) is 0 Å². The molecule has 2 amide bonds. The molecule has 5 aliphatic rings. The van der Waals surface area contributed by atoms with E-state index < -0.39 is 0 Å². The normalized spacial score (nSPS) is 38.8. The number of carbonyl (C=O) groups is 2. The summed E-state index contributed by atoms with van der Waals surface area (Å²) in [7, 11) is 0. The van der Waals surface area contributed by atoms with Gasteiger partial charge < -0.3 is 25.2 Å². The zero-order valence-electron chi connectivity index (χ0n) is 19.6. The molecule has 9 heteroatoms. The third-order valence-electron chi connectivity index (χ3n) is 8.49. The molecule has 3 N–H and O–H groups in total. The monoisotopic (exact) mass is 448 g/mol. The van der Waals surface area contributed by atoms with Gasteiger partial charge in [0.05, 0.1) is 12.1 Å². The summed E-state index contributed by atoms with van der Waals surface area (Å²) in [6.45, 7) is 10.3. The number of hydrogen-bond acceptors (Lipinski definition) is 7. The van der Waals surface area contributed by atoms with E-state index in [1.165, 1.54) is 0 Å². The van der Waals surface area contributed by atoms with Crippen molar-refractivity contribution in [2.75, 3.05) is 45.8 Å². The van der Waals surface area contributed by atoms with Crippen LogP contribution in [-0.4, -0.2) is 103 Å². The molecule has 1 aliphatic carbocycles. The number of piperidine rings is 1. The van der Waals surface area contributed by atoms with Gasteiger partial charge in [-0.1, -0.05) is 0 Å². The second-order valence-corrected chi connectivity index (χ2v) is 10.6. The summed E-state index contributed by atoms with van der Waals surface area (Å²) in [5.41, 5.74) is 3.62. The predicted molar refractivity (Wildman–Crippen MR) is 121 cm³/mol. The zero-order chi connectivity index (χ0) is 22.2. The second-order valence-electron chi connectivity index (χ2n) is 10.6. The lowest BCUT2D eigenvalue weighted by atomic mass is 9.73. The number of carbonyl (C=O) groups excluding carboxylic acids is 2. The molecule has 0 spiro atoms. The minimum Gasteiger partial charge on any atom is -0.445 e. The molecule has 1 saturated carbocycles. The molecular formula is C23H40N6O3. The van der Waals surface area contributed by atoms with Crippen LogP contribution in [0.3, 0.4) is 0 Å². The summed E-state index contributed by atoms with van der Waals surface area (Å²) in [6, 6.07) is 0.788. The summed E-state index contributed by atoms with van der Waals surface area (Å²) in [5, 5.41) is 9.11. The van der Waals surface area contributed by atoms with Crippen LogP contribution in [0.25, 0.3) is 0 Å². The number of nitrogens with one attached hydrogen (secondary N) is 3. The van der Waals surface area contributed by atoms with Gasteiger partial charge >= 0.3 is 6.09 Å². The summed E-state index contributed by atoms with van der Waals surface area (Å²) >= 11 is 0. The third-order valence-corrected chi connectivity index (χ3v) is 8.49. The Kier molecular flexibility index (Phi) is 6.60. The number of fused-ring (bicyclic) bond motifs is 1. The molecule has 6 unspecified atom stereocenters. The second kappa shape index (κ2) is 9.44. The molecule has 6 atom stereocenters. The van der Waals surface area contributed by atoms with Gasteiger partial charge in [0.2, 0.25) is 5.91 Å². The summed E-state index contributed by atoms with van der Waals surface area (Å²) in [6.07, 6.45) is 4.80. The van der Waals surface area contributed by atoms with Crippen molar-refractivity contribution in [2.45, 2.75) is 76.2 Å². The standard InChI is InChI=1S/C23H40N6O3/c1-15-13-27(23(31)32-20-4-3-7-24-12-20)22-8-17(5-6-21(22)29(15)16(2)30)18-9-26-28(14-18)19-10-25-11-19/h15,17-22,24-26H,3-14H2,1-2H3. The molecule has 180 valence electrons. The number of hydrogen-bond donors (Lipinski definition) is 3. The Morgan fingerprint density at radius 1 is 0.938 bits per heavy atom. The van der Waals surface area contributed by atoms with Gasteiger partial charge in [0.1, 0.15) is 6.10 Å². The van der Waals surface area contributed by atoms with Crippen LogP contribution in [0.2, 0.25) is 0 Å². The predicted octanol–water partition coefficient (Wildman–Crippen LogP) is 0.373. The largest absolute Gasteiger partial charge is 0.445 e. The van der Waals surface area contributed by atoms with E-state index in [-0.39, 0.29) is 36.2 Å². The first-order valence-electron chi connectivity index (χ1n) is 12.7. The number of nitrogens with zero attached hydrogens (tertiary/aromatic N) is 3. The Bertz CT molecular complexity index is 697. The van der Waals surface area contributed by atoms with Gasteiger partial charge in [-0.15, -0.1) is 0 Å². The van der Waals surface area contributed by atoms with E-state index in [9.17, 15) is 9.59 Å². The molecule has 0 radical (unpaired) electrons. The van der Waals surface area contributed by atoms with Crippen LogP contribution in [0.5, 0.6) is 0 Å². The van der Waals surface area contributed by atoms with Gasteiger partial charge in [-0.3, -0.25) is 10.2 Å². The lowest BCUT2D eigenvalue weighted by Crippen LogP contribution is -2.67. The molecule has 0 aromatic rings. The van der Waals surface area contributed by atoms with Crippen molar-refractivity contribution < 1.29 is 14.3 Å². The maximum Gasteiger partial charge on any atom is 0.410 e. The lowest BCUT2D eigenvalue weighted by Gasteiger charge is -2.54. The van der Waals surface area contributed by atoms with Gasteiger partial charge in [0, 0.05) is 58.3 Å². The van der Waals surface area contributed by atoms with Crippen molar-refractivity contribution in [3.8, 4) is 0 Å². The van der Waals surface area contributed by atoms with Crippen molar-refractivity contribution in [1.29, 1.82) is 0 Å². The first kappa shape index (κ1) is 22.4. The average Bonchev–Trinajstić information content (AvgIpc) is 3.21. The van der Waals surface area contributed by atoms with Crippen LogP contribution in [0.4, 0.5) is 4.79 Å². The molecule has 4 saturated heterocycles. The lowest BCUT2D eigenvalue weighted by molar-refractivity contribution is -0.142. The first-order chi connectivity index (χ1) is 15.5. The highest BCUT2D eigenvalue weighted by atomic mass is 16.6. The smallest absolute Gasteiger partial charge is 0.410 e. The molecule has 5 fully saturated rings. The molecule has 4 aliphatic heterocycles. The minimum atomic E-state index is -0.184. The van der Waals surface area contributed by atoms with Gasteiger partial charge in [-0.05, 0) is 57.4 Å². The van der Waals surface area contributed by atoms with E-state index >= 15 is 0 Å². The van der Waals surface area contributed by atoms with Crippen molar-refractivity contribution in [1.82, 2.24) is 30.9 Å². The Balaban J connectivity index is 1.28. The molecule has 9 nitrogen and oxygen atoms in total. The van der Waals surface area contributed by atoms with Crippen LogP contribution in [-0.2, 0) is 9.53 Å². The van der Waals surface area contributed by atoms with Crippen molar-refractivity contribution in [3.05, 3.63) is 0 Å². The number of piperazine rings is 1. The Morgan fingerprint density at radius 2 is 1.78 bits per heavy atom. The van der Waals surface area contributed by atoms with Crippen LogP contribution in [0.15, 0.2) is 0 Å². The zero-order valence-corrected chi connectivity index (χ0v) is 19.6. The molecule has 0 aromatic carbocycles. The van der Waals surface area contributed by atoms with Crippen molar-refractivity contribution >= 4 is 12.0 Å². The van der Waals surface area contributed by atoms with Gasteiger partial charge in [0.15, 0.2) is 0 Å². The maximum absolute atomic E-state index is 13.3. The Labute approximate surface area is 191 Å². The Morgan fingerprint density at radius 3 is 2.47 bits per heavy atom. The van der Waals surface area contributed by atoms with Crippen molar-refractivity contribution in [2.24, 2.45) is 11.8 Å². The molecule has 0 aromatic heterocycles. The fraction of sp³-hybridized carbons (Fsp3) is 0.913. The summed E-state index contributed by atoms with van der Waals surface area (Å²) in [4.78, 5) is 29.8. The van der Waals surface area contributed by atoms with Crippen LogP contribution >= 0.6 is 0 Å². The highest BCUT2D eigenvalue weighted by molar-refractivity contribution is 5.75. The molecule has 0 bridgehead atoms. The molecule has 5 rings (SSSR count). The van der Waals surface area contributed by atoms with E-state index in [1.54, 1.807) is 6.92 Å². The average molecular weight is 449 g/mol. The van der Waals surface area contributed by atoms with Gasteiger partial charge in [-0.2, -0.15) is 0 Å². The van der Waals surface area contributed by atoms with Crippen molar-refractivity contribution in [3.63, 3.8) is 0 Å². The number of hydrazine groups is 1. The van der Waals surface area contributed by atoms with Crippen LogP contribution < -0.4 is 16.1 Å². The quantitative estimate of drug-likeness (QED) is 0.575. The van der Waals surface area contributed by atoms with Crippen LogP contribution in [0, 0.1) is 11.8 Å². The topological polar surface area (TPSA) is 89.2 Å². The van der Waals surface area contributed by atoms with E-state index in [0.29, 0.717) is 24.4 Å². The Hall–Kier alpha value is -1.42. The fourth-order valence-corrected chi connectivity index (χ4v) is 6.67. The van der Waals surface area contributed by atoms with E-state index in [2.05, 4.69) is 28.0 Å². The van der Waals surface area contributed by atoms with E-state index in [0.717, 1.165) is 71.4 Å². The number of ether oxygens (including phenoxy) is 1. The first-order valence-corrected chi connectivity index (χ1v) is 12.7.